The molecule has 4 heteroatoms. The zero-order valence-electron chi connectivity index (χ0n) is 12.9. The SMILES string of the molecule is CCOC(=O)C(C)(C)Oc1ccc2oc3ccccc3c2c1. The summed E-state index contributed by atoms with van der Waals surface area (Å²) >= 11 is 0. The predicted molar refractivity (Wildman–Crippen MR) is 85.1 cm³/mol. The Bertz CT molecular complexity index is 829. The fourth-order valence-corrected chi connectivity index (χ4v) is 2.41. The van der Waals surface area contributed by atoms with Gasteiger partial charge in [-0.25, -0.2) is 4.79 Å². The van der Waals surface area contributed by atoms with Gasteiger partial charge in [0, 0.05) is 10.8 Å². The Morgan fingerprint density at radius 2 is 1.82 bits per heavy atom. The van der Waals surface area contributed by atoms with Crippen LogP contribution in [0.5, 0.6) is 5.75 Å². The van der Waals surface area contributed by atoms with Crippen LogP contribution in [0, 0.1) is 0 Å². The first-order valence-corrected chi connectivity index (χ1v) is 7.29. The molecular formula is C18H18O4. The van der Waals surface area contributed by atoms with Crippen LogP contribution < -0.4 is 4.74 Å². The lowest BCUT2D eigenvalue weighted by molar-refractivity contribution is -0.158. The Labute approximate surface area is 128 Å². The summed E-state index contributed by atoms with van der Waals surface area (Å²) in [4.78, 5) is 11.9. The number of para-hydroxylation sites is 1. The number of carbonyl (C=O) groups excluding carboxylic acids is 1. The third-order valence-electron chi connectivity index (χ3n) is 3.49. The summed E-state index contributed by atoms with van der Waals surface area (Å²) in [5, 5.41) is 1.99. The molecule has 2 aromatic carbocycles. The van der Waals surface area contributed by atoms with Gasteiger partial charge in [0.2, 0.25) is 0 Å². The van der Waals surface area contributed by atoms with Crippen molar-refractivity contribution >= 4 is 27.9 Å². The number of carbonyl (C=O) groups is 1. The minimum absolute atomic E-state index is 0.330. The van der Waals surface area contributed by atoms with E-state index in [-0.39, 0.29) is 5.97 Å². The van der Waals surface area contributed by atoms with Crippen molar-refractivity contribution in [1.82, 2.24) is 0 Å². The molecule has 0 saturated carbocycles. The molecule has 3 rings (SSSR count). The third kappa shape index (κ3) is 2.52. The molecule has 0 spiro atoms. The maximum atomic E-state index is 11.9. The molecule has 0 saturated heterocycles. The van der Waals surface area contributed by atoms with E-state index in [1.165, 1.54) is 0 Å². The lowest BCUT2D eigenvalue weighted by atomic mass is 10.1. The van der Waals surface area contributed by atoms with Gasteiger partial charge in [-0.1, -0.05) is 18.2 Å². The van der Waals surface area contributed by atoms with Crippen LogP contribution in [-0.4, -0.2) is 18.2 Å². The maximum Gasteiger partial charge on any atom is 0.349 e. The van der Waals surface area contributed by atoms with Crippen LogP contribution in [0.2, 0.25) is 0 Å². The quantitative estimate of drug-likeness (QED) is 0.674. The highest BCUT2D eigenvalue weighted by molar-refractivity contribution is 6.05. The number of hydrogen-bond donors (Lipinski definition) is 0. The van der Waals surface area contributed by atoms with Crippen LogP contribution in [0.3, 0.4) is 0 Å². The Morgan fingerprint density at radius 1 is 1.09 bits per heavy atom. The normalized spacial score (nSPS) is 11.8. The first kappa shape index (κ1) is 14.4. The molecule has 3 aromatic rings. The Morgan fingerprint density at radius 3 is 2.59 bits per heavy atom. The number of benzene rings is 2. The van der Waals surface area contributed by atoms with Crippen molar-refractivity contribution in [1.29, 1.82) is 0 Å². The van der Waals surface area contributed by atoms with Gasteiger partial charge in [-0.3, -0.25) is 0 Å². The predicted octanol–water partition coefficient (Wildman–Crippen LogP) is 4.31. The molecule has 0 atom stereocenters. The van der Waals surface area contributed by atoms with Gasteiger partial charge in [-0.15, -0.1) is 0 Å². The first-order chi connectivity index (χ1) is 10.5. The first-order valence-electron chi connectivity index (χ1n) is 7.29. The largest absolute Gasteiger partial charge is 0.476 e. The van der Waals surface area contributed by atoms with Crippen molar-refractivity contribution in [2.75, 3.05) is 6.61 Å². The van der Waals surface area contributed by atoms with Crippen molar-refractivity contribution in [2.24, 2.45) is 0 Å². The van der Waals surface area contributed by atoms with E-state index in [0.29, 0.717) is 12.4 Å². The van der Waals surface area contributed by atoms with E-state index >= 15 is 0 Å². The summed E-state index contributed by atoms with van der Waals surface area (Å²) in [6.45, 7) is 5.50. The summed E-state index contributed by atoms with van der Waals surface area (Å²) in [5.74, 6) is 0.226. The second-order valence-electron chi connectivity index (χ2n) is 5.59. The molecule has 1 aromatic heterocycles. The van der Waals surface area contributed by atoms with Crippen LogP contribution in [0.1, 0.15) is 20.8 Å². The average Bonchev–Trinajstić information content (AvgIpc) is 2.85. The number of rotatable bonds is 4. The van der Waals surface area contributed by atoms with Crippen molar-refractivity contribution in [3.63, 3.8) is 0 Å². The molecule has 0 aliphatic carbocycles. The van der Waals surface area contributed by atoms with E-state index in [2.05, 4.69) is 0 Å². The lowest BCUT2D eigenvalue weighted by Gasteiger charge is -2.24. The van der Waals surface area contributed by atoms with Gasteiger partial charge in [0.25, 0.3) is 0 Å². The van der Waals surface area contributed by atoms with Gasteiger partial charge >= 0.3 is 5.97 Å². The van der Waals surface area contributed by atoms with Crippen LogP contribution in [0.4, 0.5) is 0 Å². The summed E-state index contributed by atoms with van der Waals surface area (Å²) in [6, 6.07) is 13.4. The molecule has 0 bridgehead atoms. The molecule has 1 heterocycles. The molecular weight excluding hydrogens is 280 g/mol. The summed E-state index contributed by atoms with van der Waals surface area (Å²) in [5.41, 5.74) is 0.588. The van der Waals surface area contributed by atoms with Crippen LogP contribution in [-0.2, 0) is 9.53 Å². The van der Waals surface area contributed by atoms with Gasteiger partial charge in [0.15, 0.2) is 5.60 Å². The van der Waals surface area contributed by atoms with Gasteiger partial charge < -0.3 is 13.9 Å². The van der Waals surface area contributed by atoms with E-state index in [9.17, 15) is 4.79 Å². The van der Waals surface area contributed by atoms with Crippen LogP contribution >= 0.6 is 0 Å². The van der Waals surface area contributed by atoms with Gasteiger partial charge in [0.05, 0.1) is 6.61 Å². The number of fused-ring (bicyclic) bond motifs is 3. The highest BCUT2D eigenvalue weighted by Crippen LogP contribution is 2.32. The molecule has 0 aliphatic rings. The van der Waals surface area contributed by atoms with Gasteiger partial charge in [-0.05, 0) is 45.0 Å². The number of esters is 1. The standard InChI is InChI=1S/C18H18O4/c1-4-20-17(19)18(2,3)22-12-9-10-16-14(11-12)13-7-5-6-8-15(13)21-16/h5-11H,4H2,1-3H3. The molecule has 0 unspecified atom stereocenters. The summed E-state index contributed by atoms with van der Waals surface area (Å²) in [7, 11) is 0. The van der Waals surface area contributed by atoms with E-state index in [0.717, 1.165) is 21.9 Å². The van der Waals surface area contributed by atoms with Crippen molar-refractivity contribution in [2.45, 2.75) is 26.4 Å². The second-order valence-corrected chi connectivity index (χ2v) is 5.59. The van der Waals surface area contributed by atoms with E-state index in [4.69, 9.17) is 13.9 Å². The zero-order valence-corrected chi connectivity index (χ0v) is 12.9. The molecule has 0 amide bonds. The van der Waals surface area contributed by atoms with Crippen LogP contribution in [0.25, 0.3) is 21.9 Å². The number of ether oxygens (including phenoxy) is 2. The van der Waals surface area contributed by atoms with Gasteiger partial charge in [-0.2, -0.15) is 0 Å². The maximum absolute atomic E-state index is 11.9. The Hall–Kier alpha value is -2.49. The lowest BCUT2D eigenvalue weighted by Crippen LogP contribution is -2.39. The molecule has 0 aliphatic heterocycles. The van der Waals surface area contributed by atoms with Gasteiger partial charge in [0.1, 0.15) is 16.9 Å². The minimum atomic E-state index is -1.04. The molecule has 0 fully saturated rings. The summed E-state index contributed by atoms with van der Waals surface area (Å²) < 4.78 is 16.6. The van der Waals surface area contributed by atoms with E-state index in [1.807, 2.05) is 36.4 Å². The third-order valence-corrected chi connectivity index (χ3v) is 3.49. The molecule has 22 heavy (non-hydrogen) atoms. The van der Waals surface area contributed by atoms with Crippen molar-refractivity contribution in [3.8, 4) is 5.75 Å². The Balaban J connectivity index is 1.98. The van der Waals surface area contributed by atoms with Crippen molar-refractivity contribution < 1.29 is 18.7 Å². The van der Waals surface area contributed by atoms with E-state index in [1.54, 1.807) is 26.8 Å². The number of hydrogen-bond acceptors (Lipinski definition) is 4. The molecule has 0 radical (unpaired) electrons. The highest BCUT2D eigenvalue weighted by Gasteiger charge is 2.31. The second kappa shape index (κ2) is 5.37. The zero-order chi connectivity index (χ0) is 15.7. The number of furan rings is 1. The van der Waals surface area contributed by atoms with Crippen molar-refractivity contribution in [3.05, 3.63) is 42.5 Å². The van der Waals surface area contributed by atoms with E-state index < -0.39 is 5.60 Å². The molecule has 114 valence electrons. The smallest absolute Gasteiger partial charge is 0.349 e. The summed E-state index contributed by atoms with van der Waals surface area (Å²) in [6.07, 6.45) is 0. The molecule has 0 N–H and O–H groups in total. The monoisotopic (exact) mass is 298 g/mol. The Kier molecular flexibility index (Phi) is 3.53. The fourth-order valence-electron chi connectivity index (χ4n) is 2.41. The minimum Gasteiger partial charge on any atom is -0.476 e. The van der Waals surface area contributed by atoms with Crippen LogP contribution in [0.15, 0.2) is 46.9 Å². The average molecular weight is 298 g/mol. The molecule has 4 nitrogen and oxygen atoms in total. The highest BCUT2D eigenvalue weighted by atomic mass is 16.6. The topological polar surface area (TPSA) is 48.7 Å². The fraction of sp³-hybridized carbons (Fsp3) is 0.278.